The van der Waals surface area contributed by atoms with Crippen LogP contribution >= 0.6 is 11.3 Å². The number of amides is 2. The minimum absolute atomic E-state index is 0.260. The van der Waals surface area contributed by atoms with Gasteiger partial charge in [-0.15, -0.1) is 0 Å². The molecule has 0 saturated heterocycles. The summed E-state index contributed by atoms with van der Waals surface area (Å²) in [5, 5.41) is 5.93. The van der Waals surface area contributed by atoms with Crippen LogP contribution in [0, 0.1) is 0 Å². The number of nitrogens with one attached hydrogen (secondary N) is 2. The lowest BCUT2D eigenvalue weighted by molar-refractivity contribution is 0.262. The SMILES string of the molecule is CCCCOc1ccc(NC(=O)Nc2nc3c(s2)CN(S(=O)(=O)N(C)C)CC3)cc1. The van der Waals surface area contributed by atoms with Crippen LogP contribution in [0.3, 0.4) is 0 Å². The molecule has 1 aromatic heterocycles. The van der Waals surface area contributed by atoms with Crippen molar-refractivity contribution in [3.8, 4) is 5.75 Å². The number of hydrogen-bond donors (Lipinski definition) is 2. The third-order valence-corrected chi connectivity index (χ3v) is 7.47. The fourth-order valence-electron chi connectivity index (χ4n) is 2.88. The first-order chi connectivity index (χ1) is 14.3. The van der Waals surface area contributed by atoms with Gasteiger partial charge in [0.1, 0.15) is 5.75 Å². The second kappa shape index (κ2) is 9.73. The van der Waals surface area contributed by atoms with E-state index in [2.05, 4.69) is 22.5 Å². The minimum atomic E-state index is -3.47. The van der Waals surface area contributed by atoms with Crippen LogP contribution in [0.25, 0.3) is 0 Å². The minimum Gasteiger partial charge on any atom is -0.494 e. The Morgan fingerprint density at radius 1 is 1.27 bits per heavy atom. The fraction of sp³-hybridized carbons (Fsp3) is 0.474. The summed E-state index contributed by atoms with van der Waals surface area (Å²) in [4.78, 5) is 17.6. The molecule has 2 aromatic rings. The molecule has 9 nitrogen and oxygen atoms in total. The van der Waals surface area contributed by atoms with E-state index in [0.29, 0.717) is 30.4 Å². The first-order valence-corrected chi connectivity index (χ1v) is 12.0. The Morgan fingerprint density at radius 3 is 2.67 bits per heavy atom. The molecule has 0 spiro atoms. The average Bonchev–Trinajstić information content (AvgIpc) is 3.10. The Morgan fingerprint density at radius 2 is 2.00 bits per heavy atom. The predicted molar refractivity (Wildman–Crippen MR) is 118 cm³/mol. The highest BCUT2D eigenvalue weighted by Gasteiger charge is 2.30. The van der Waals surface area contributed by atoms with E-state index in [-0.39, 0.29) is 6.54 Å². The smallest absolute Gasteiger partial charge is 0.325 e. The van der Waals surface area contributed by atoms with Gasteiger partial charge in [-0.05, 0) is 30.7 Å². The van der Waals surface area contributed by atoms with Gasteiger partial charge in [0.15, 0.2) is 5.13 Å². The van der Waals surface area contributed by atoms with Gasteiger partial charge in [0.05, 0.1) is 18.8 Å². The predicted octanol–water partition coefficient (Wildman–Crippen LogP) is 3.13. The second-order valence-electron chi connectivity index (χ2n) is 7.07. The number of anilines is 2. The largest absolute Gasteiger partial charge is 0.494 e. The van der Waals surface area contributed by atoms with Crippen molar-refractivity contribution in [2.75, 3.05) is 37.9 Å². The summed E-state index contributed by atoms with van der Waals surface area (Å²) in [6, 6.07) is 6.77. The highest BCUT2D eigenvalue weighted by Crippen LogP contribution is 2.30. The van der Waals surface area contributed by atoms with Gasteiger partial charge in [-0.3, -0.25) is 5.32 Å². The number of benzene rings is 1. The first-order valence-electron chi connectivity index (χ1n) is 9.76. The van der Waals surface area contributed by atoms with E-state index in [0.717, 1.165) is 29.2 Å². The van der Waals surface area contributed by atoms with E-state index in [1.807, 2.05) is 12.1 Å². The van der Waals surface area contributed by atoms with Crippen LogP contribution in [0.5, 0.6) is 5.75 Å². The molecule has 2 heterocycles. The molecule has 164 valence electrons. The van der Waals surface area contributed by atoms with E-state index >= 15 is 0 Å². The molecule has 0 fully saturated rings. The van der Waals surface area contributed by atoms with Gasteiger partial charge in [-0.2, -0.15) is 17.0 Å². The number of fused-ring (bicyclic) bond motifs is 1. The molecule has 30 heavy (non-hydrogen) atoms. The van der Waals surface area contributed by atoms with Gasteiger partial charge in [-0.1, -0.05) is 24.7 Å². The number of thiazole rings is 1. The summed E-state index contributed by atoms with van der Waals surface area (Å²) < 4.78 is 32.9. The van der Waals surface area contributed by atoms with Gasteiger partial charge >= 0.3 is 6.03 Å². The lowest BCUT2D eigenvalue weighted by Gasteiger charge is -2.27. The third-order valence-electron chi connectivity index (χ3n) is 4.58. The standard InChI is InChI=1S/C19H27N5O4S2/c1-4-5-12-28-15-8-6-14(7-9-15)20-18(25)22-19-21-16-10-11-24(13-17(16)29-19)30(26,27)23(2)3/h6-9H,4-5,10-13H2,1-3H3,(H2,20,21,22,25). The Balaban J connectivity index is 1.56. The maximum Gasteiger partial charge on any atom is 0.325 e. The molecule has 0 radical (unpaired) electrons. The van der Waals surface area contributed by atoms with Gasteiger partial charge in [0.25, 0.3) is 10.2 Å². The maximum atomic E-state index is 12.3. The molecule has 0 saturated carbocycles. The topological polar surface area (TPSA) is 104 Å². The molecular weight excluding hydrogens is 426 g/mol. The number of ether oxygens (including phenoxy) is 1. The van der Waals surface area contributed by atoms with Gasteiger partial charge in [-0.25, -0.2) is 9.78 Å². The molecule has 0 unspecified atom stereocenters. The van der Waals surface area contributed by atoms with E-state index in [1.165, 1.54) is 34.0 Å². The zero-order valence-electron chi connectivity index (χ0n) is 17.3. The van der Waals surface area contributed by atoms with Crippen LogP contribution in [-0.4, -0.2) is 55.3 Å². The number of unbranched alkanes of at least 4 members (excludes halogenated alkanes) is 1. The van der Waals surface area contributed by atoms with Crippen molar-refractivity contribution < 1.29 is 17.9 Å². The van der Waals surface area contributed by atoms with Crippen molar-refractivity contribution in [1.82, 2.24) is 13.6 Å². The molecule has 2 N–H and O–H groups in total. The Labute approximate surface area is 181 Å². The van der Waals surface area contributed by atoms with Gasteiger partial charge in [0, 0.05) is 37.6 Å². The quantitative estimate of drug-likeness (QED) is 0.598. The summed E-state index contributed by atoms with van der Waals surface area (Å²) in [6.07, 6.45) is 2.59. The van der Waals surface area contributed by atoms with E-state index in [9.17, 15) is 13.2 Å². The number of rotatable bonds is 8. The molecule has 3 rings (SSSR count). The summed E-state index contributed by atoms with van der Waals surface area (Å²) in [5.41, 5.74) is 1.47. The molecule has 0 aliphatic carbocycles. The van der Waals surface area contributed by atoms with Crippen molar-refractivity contribution in [1.29, 1.82) is 0 Å². The zero-order valence-corrected chi connectivity index (χ0v) is 19.0. The molecule has 1 aromatic carbocycles. The molecule has 2 amide bonds. The second-order valence-corrected chi connectivity index (χ2v) is 10.3. The van der Waals surface area contributed by atoms with Crippen molar-refractivity contribution in [2.24, 2.45) is 0 Å². The number of carbonyl (C=O) groups is 1. The van der Waals surface area contributed by atoms with Crippen LogP contribution in [0.1, 0.15) is 30.3 Å². The van der Waals surface area contributed by atoms with Crippen molar-refractivity contribution in [2.45, 2.75) is 32.7 Å². The lowest BCUT2D eigenvalue weighted by Crippen LogP contribution is -2.42. The van der Waals surface area contributed by atoms with Gasteiger partial charge < -0.3 is 10.1 Å². The molecule has 0 bridgehead atoms. The van der Waals surface area contributed by atoms with E-state index < -0.39 is 16.2 Å². The summed E-state index contributed by atoms with van der Waals surface area (Å²) in [6.45, 7) is 3.41. The van der Waals surface area contributed by atoms with Crippen molar-refractivity contribution in [3.63, 3.8) is 0 Å². The first kappa shape index (κ1) is 22.5. The normalized spacial score (nSPS) is 14.4. The van der Waals surface area contributed by atoms with E-state index in [4.69, 9.17) is 4.74 Å². The Bertz CT molecular complexity index is 973. The van der Waals surface area contributed by atoms with Crippen LogP contribution in [0.4, 0.5) is 15.6 Å². The highest BCUT2D eigenvalue weighted by atomic mass is 32.2. The van der Waals surface area contributed by atoms with Crippen LogP contribution in [-0.2, 0) is 23.2 Å². The zero-order chi connectivity index (χ0) is 21.7. The van der Waals surface area contributed by atoms with Gasteiger partial charge in [0.2, 0.25) is 0 Å². The number of urea groups is 1. The van der Waals surface area contributed by atoms with Crippen LogP contribution < -0.4 is 15.4 Å². The summed E-state index contributed by atoms with van der Waals surface area (Å²) in [7, 11) is -0.448. The molecule has 11 heteroatoms. The third kappa shape index (κ3) is 5.48. The Hall–Kier alpha value is -2.21. The lowest BCUT2D eigenvalue weighted by atomic mass is 10.2. The average molecular weight is 454 g/mol. The molecular formula is C19H27N5O4S2. The maximum absolute atomic E-state index is 12.3. The number of hydrogen-bond acceptors (Lipinski definition) is 6. The highest BCUT2D eigenvalue weighted by molar-refractivity contribution is 7.86. The Kier molecular flexibility index (Phi) is 7.29. The number of nitrogens with zero attached hydrogens (tertiary/aromatic N) is 3. The number of aromatic nitrogens is 1. The van der Waals surface area contributed by atoms with E-state index in [1.54, 1.807) is 12.1 Å². The monoisotopic (exact) mass is 453 g/mol. The van der Waals surface area contributed by atoms with Crippen molar-refractivity contribution in [3.05, 3.63) is 34.8 Å². The molecule has 1 aliphatic rings. The van der Waals surface area contributed by atoms with Crippen molar-refractivity contribution >= 4 is 38.4 Å². The molecule has 0 atom stereocenters. The fourth-order valence-corrected chi connectivity index (χ4v) is 5.06. The number of carbonyl (C=O) groups excluding carboxylic acids is 1. The summed E-state index contributed by atoms with van der Waals surface area (Å²) >= 11 is 1.29. The van der Waals surface area contributed by atoms with Crippen LogP contribution in [0.2, 0.25) is 0 Å². The molecule has 1 aliphatic heterocycles. The summed E-state index contributed by atoms with van der Waals surface area (Å²) in [5.74, 6) is 0.763. The van der Waals surface area contributed by atoms with Crippen LogP contribution in [0.15, 0.2) is 24.3 Å².